The lowest BCUT2D eigenvalue weighted by atomic mass is 9.65. The molecule has 2 aromatic carbocycles. The smallest absolute Gasteiger partial charge is 0.312 e. The van der Waals surface area contributed by atoms with Crippen LogP contribution in [0, 0.1) is 11.8 Å². The molecule has 3 aliphatic heterocycles. The molecule has 3 saturated heterocycles. The monoisotopic (exact) mass is 546 g/mol. The van der Waals surface area contributed by atoms with E-state index in [2.05, 4.69) is 13.2 Å². The van der Waals surface area contributed by atoms with Crippen molar-refractivity contribution in [1.29, 1.82) is 0 Å². The highest BCUT2D eigenvalue weighted by Gasteiger charge is 2.79. The third kappa shape index (κ3) is 4.34. The summed E-state index contributed by atoms with van der Waals surface area (Å²) in [6.45, 7) is 9.99. The molecular formula is C32H38N2O6. The van der Waals surface area contributed by atoms with Crippen molar-refractivity contribution < 1.29 is 29.0 Å². The highest BCUT2D eigenvalue weighted by atomic mass is 16.6. The first-order chi connectivity index (χ1) is 19.4. The molecular weight excluding hydrogens is 508 g/mol. The summed E-state index contributed by atoms with van der Waals surface area (Å²) in [5.41, 5.74) is -1.33. The van der Waals surface area contributed by atoms with Gasteiger partial charge in [0.05, 0.1) is 18.1 Å². The first-order valence-electron chi connectivity index (χ1n) is 14.2. The van der Waals surface area contributed by atoms with E-state index in [9.17, 15) is 19.5 Å². The second kappa shape index (κ2) is 11.2. The van der Waals surface area contributed by atoms with Gasteiger partial charge in [-0.3, -0.25) is 14.4 Å². The summed E-state index contributed by atoms with van der Waals surface area (Å²) in [7, 11) is 0. The maximum absolute atomic E-state index is 14.6. The van der Waals surface area contributed by atoms with Crippen LogP contribution in [0.1, 0.15) is 39.0 Å². The number of carbonyl (C=O) groups excluding carboxylic acids is 3. The van der Waals surface area contributed by atoms with Crippen molar-refractivity contribution in [2.45, 2.75) is 56.3 Å². The van der Waals surface area contributed by atoms with E-state index in [0.29, 0.717) is 37.8 Å². The minimum Gasteiger partial charge on any atom is -0.465 e. The van der Waals surface area contributed by atoms with Crippen molar-refractivity contribution >= 4 is 34.2 Å². The second-order valence-corrected chi connectivity index (χ2v) is 11.0. The maximum Gasteiger partial charge on any atom is 0.312 e. The fraction of sp³-hybridized carbons (Fsp3) is 0.469. The molecule has 2 bridgehead atoms. The van der Waals surface area contributed by atoms with Crippen LogP contribution in [0.3, 0.4) is 0 Å². The number of nitrogens with zero attached hydrogens (tertiary/aromatic N) is 2. The molecule has 1 spiro atoms. The number of hydrogen-bond acceptors (Lipinski definition) is 6. The van der Waals surface area contributed by atoms with Crippen molar-refractivity contribution in [3.05, 3.63) is 67.8 Å². The number of hydrogen-bond donors (Lipinski definition) is 1. The van der Waals surface area contributed by atoms with E-state index >= 15 is 0 Å². The quantitative estimate of drug-likeness (QED) is 0.246. The highest BCUT2D eigenvalue weighted by molar-refractivity contribution is 6.05. The van der Waals surface area contributed by atoms with E-state index in [1.807, 2.05) is 49.4 Å². The van der Waals surface area contributed by atoms with Crippen LogP contribution in [0.4, 0.5) is 5.69 Å². The molecule has 5 atom stereocenters. The van der Waals surface area contributed by atoms with Crippen molar-refractivity contribution in [2.75, 3.05) is 31.2 Å². The van der Waals surface area contributed by atoms with Gasteiger partial charge < -0.3 is 24.4 Å². The number of aliphatic hydroxyl groups is 1. The molecule has 40 heavy (non-hydrogen) atoms. The minimum absolute atomic E-state index is 0.129. The molecule has 8 nitrogen and oxygen atoms in total. The van der Waals surface area contributed by atoms with Crippen LogP contribution < -0.4 is 4.90 Å². The van der Waals surface area contributed by atoms with Gasteiger partial charge in [-0.15, -0.1) is 13.2 Å². The number of esters is 1. The highest BCUT2D eigenvalue weighted by Crippen LogP contribution is 2.64. The van der Waals surface area contributed by atoms with E-state index in [1.165, 1.54) is 4.90 Å². The average Bonchev–Trinajstić information content (AvgIpc) is 3.57. The molecule has 0 aromatic heterocycles. The normalized spacial score (nSPS) is 28.5. The van der Waals surface area contributed by atoms with Crippen molar-refractivity contribution in [1.82, 2.24) is 4.90 Å². The van der Waals surface area contributed by atoms with Gasteiger partial charge in [-0.25, -0.2) is 0 Å². The molecule has 2 aromatic rings. The Labute approximate surface area is 235 Å². The van der Waals surface area contributed by atoms with E-state index in [-0.39, 0.29) is 38.1 Å². The van der Waals surface area contributed by atoms with Gasteiger partial charge in [-0.2, -0.15) is 0 Å². The molecule has 5 rings (SSSR count). The molecule has 3 fully saturated rings. The molecule has 3 heterocycles. The lowest BCUT2D eigenvalue weighted by Gasteiger charge is -2.37. The summed E-state index contributed by atoms with van der Waals surface area (Å²) in [4.78, 5) is 45.4. The molecule has 8 heteroatoms. The van der Waals surface area contributed by atoms with Crippen molar-refractivity contribution in [3.8, 4) is 0 Å². The van der Waals surface area contributed by atoms with Crippen LogP contribution in [-0.2, 0) is 23.9 Å². The number of fused-ring (bicyclic) bond motifs is 2. The molecule has 2 unspecified atom stereocenters. The number of benzene rings is 2. The minimum atomic E-state index is -1.15. The summed E-state index contributed by atoms with van der Waals surface area (Å²) in [5.74, 6) is -2.66. The van der Waals surface area contributed by atoms with Gasteiger partial charge in [0.25, 0.3) is 5.91 Å². The first kappa shape index (κ1) is 28.1. The second-order valence-electron chi connectivity index (χ2n) is 11.0. The van der Waals surface area contributed by atoms with Crippen molar-refractivity contribution in [2.24, 2.45) is 11.8 Å². The molecule has 2 amide bonds. The first-order valence-corrected chi connectivity index (χ1v) is 14.2. The Morgan fingerprint density at radius 3 is 2.65 bits per heavy atom. The van der Waals surface area contributed by atoms with Gasteiger partial charge >= 0.3 is 5.97 Å². The molecule has 0 radical (unpaired) electrons. The molecule has 1 N–H and O–H groups in total. The van der Waals surface area contributed by atoms with E-state index in [0.717, 1.165) is 10.8 Å². The average molecular weight is 547 g/mol. The maximum atomic E-state index is 14.6. The largest absolute Gasteiger partial charge is 0.465 e. The Morgan fingerprint density at radius 1 is 1.18 bits per heavy atom. The van der Waals surface area contributed by atoms with Gasteiger partial charge in [-0.05, 0) is 55.0 Å². The number of carbonyl (C=O) groups is 3. The van der Waals surface area contributed by atoms with Crippen LogP contribution in [0.25, 0.3) is 10.8 Å². The van der Waals surface area contributed by atoms with Crippen LogP contribution in [-0.4, -0.2) is 71.3 Å². The third-order valence-electron chi connectivity index (χ3n) is 8.91. The summed E-state index contributed by atoms with van der Waals surface area (Å²) in [5, 5.41) is 11.7. The molecule has 3 aliphatic rings. The van der Waals surface area contributed by atoms with Gasteiger partial charge in [-0.1, -0.05) is 49.4 Å². The van der Waals surface area contributed by atoms with Gasteiger partial charge in [0, 0.05) is 25.4 Å². The Bertz CT molecular complexity index is 1330. The van der Waals surface area contributed by atoms with Crippen molar-refractivity contribution in [3.63, 3.8) is 0 Å². The number of aliphatic hydroxyl groups excluding tert-OH is 1. The predicted octanol–water partition coefficient (Wildman–Crippen LogP) is 4.02. The summed E-state index contributed by atoms with van der Waals surface area (Å²) in [6, 6.07) is 12.8. The topological polar surface area (TPSA) is 96.4 Å². The fourth-order valence-corrected chi connectivity index (χ4v) is 7.11. The lowest BCUT2D eigenvalue weighted by molar-refractivity contribution is -0.160. The standard InChI is InChI=1S/C32H38N2O6/c1-4-7-20-39-30(38)26-25-28(36)34(18-10-19-35)27(32(25)16-15-31(26,6-3)40-32)29(37)33(17-5-2)24-14-13-22-11-8-9-12-23(22)21-24/h4-5,8-9,11-14,21,25-27,35H,1-2,6-7,10,15-20H2,3H3/t25-,26+,27?,31-,32?/m0/s1. The molecule has 0 saturated carbocycles. The van der Waals surface area contributed by atoms with Crippen LogP contribution >= 0.6 is 0 Å². The van der Waals surface area contributed by atoms with E-state index in [1.54, 1.807) is 17.1 Å². The number of amides is 2. The number of rotatable bonds is 12. The predicted molar refractivity (Wildman–Crippen MR) is 153 cm³/mol. The zero-order chi connectivity index (χ0) is 28.5. The fourth-order valence-electron chi connectivity index (χ4n) is 7.11. The molecule has 212 valence electrons. The van der Waals surface area contributed by atoms with E-state index in [4.69, 9.17) is 9.47 Å². The third-order valence-corrected chi connectivity index (χ3v) is 8.91. The van der Waals surface area contributed by atoms with Crippen LogP contribution in [0.2, 0.25) is 0 Å². The Hall–Kier alpha value is -3.49. The Kier molecular flexibility index (Phi) is 7.84. The van der Waals surface area contributed by atoms with Gasteiger partial charge in [0.2, 0.25) is 5.91 Å². The summed E-state index contributed by atoms with van der Waals surface area (Å²) < 4.78 is 12.4. The van der Waals surface area contributed by atoms with Crippen LogP contribution in [0.15, 0.2) is 67.8 Å². The molecule has 0 aliphatic carbocycles. The van der Waals surface area contributed by atoms with Gasteiger partial charge in [0.1, 0.15) is 17.6 Å². The summed E-state index contributed by atoms with van der Waals surface area (Å²) in [6.07, 6.45) is 5.73. The Morgan fingerprint density at radius 2 is 1.95 bits per heavy atom. The SMILES string of the molecule is C=CCCOC(=O)[C@H]1[C@H]2C(=O)N(CCCO)C(C(=O)N(CC=C)c3ccc4ccccc4c3)C23CC[C@]1(CC)O3. The number of ether oxygens (including phenoxy) is 2. The Balaban J connectivity index is 1.57. The van der Waals surface area contributed by atoms with Gasteiger partial charge in [0.15, 0.2) is 0 Å². The zero-order valence-corrected chi connectivity index (χ0v) is 23.1. The number of likely N-dealkylation sites (tertiary alicyclic amines) is 1. The number of anilines is 1. The lowest BCUT2D eigenvalue weighted by Crippen LogP contribution is -2.56. The zero-order valence-electron chi connectivity index (χ0n) is 23.1. The van der Waals surface area contributed by atoms with Crippen LogP contribution in [0.5, 0.6) is 0 Å². The summed E-state index contributed by atoms with van der Waals surface area (Å²) >= 11 is 0. The van der Waals surface area contributed by atoms with E-state index < -0.39 is 35.0 Å².